The number of piperidine rings is 1. The molecule has 0 unspecified atom stereocenters. The second-order valence-corrected chi connectivity index (χ2v) is 11.6. The Kier molecular flexibility index (Phi) is 5.61. The number of halogens is 1. The molecule has 2 bridgehead atoms. The minimum atomic E-state index is -0.426. The van der Waals surface area contributed by atoms with Crippen LogP contribution in [-0.4, -0.2) is 45.9 Å². The van der Waals surface area contributed by atoms with Gasteiger partial charge in [0.25, 0.3) is 0 Å². The Bertz CT molecular complexity index is 1580. The fraction of sp³-hybridized carbons (Fsp3) is 0.394. The van der Waals surface area contributed by atoms with Crippen molar-refractivity contribution in [1.29, 1.82) is 0 Å². The second-order valence-electron chi connectivity index (χ2n) is 11.6. The Hall–Kier alpha value is -2.99. The van der Waals surface area contributed by atoms with Gasteiger partial charge < -0.3 is 19.1 Å². The molecule has 6 heteroatoms. The van der Waals surface area contributed by atoms with E-state index in [1.165, 1.54) is 38.9 Å². The van der Waals surface area contributed by atoms with Crippen molar-refractivity contribution < 1.29 is 14.6 Å². The molecule has 3 aromatic carbocycles. The summed E-state index contributed by atoms with van der Waals surface area (Å²) < 4.78 is 16.4. The van der Waals surface area contributed by atoms with Crippen LogP contribution >= 0.6 is 12.4 Å². The average Bonchev–Trinajstić information content (AvgIpc) is 3.42. The van der Waals surface area contributed by atoms with Crippen LogP contribution < -0.4 is 4.74 Å². The summed E-state index contributed by atoms with van der Waals surface area (Å²) in [4.78, 5) is 2.70. The Morgan fingerprint density at radius 1 is 1.05 bits per heavy atom. The SMILES string of the molecule is CCO[C@@]12Cc3c(n(C)c4ccccc34)[C@@H]3Oc4c(O)ccc5c4[C@@]31CCN(CCc1ccccc1)[C@H]2C5.Cl. The third kappa shape index (κ3) is 3.04. The molecule has 1 saturated heterocycles. The molecule has 0 radical (unpaired) electrons. The predicted octanol–water partition coefficient (Wildman–Crippen LogP) is 5.88. The van der Waals surface area contributed by atoms with Crippen LogP contribution in [0.25, 0.3) is 10.9 Å². The number of hydrogen-bond donors (Lipinski definition) is 1. The van der Waals surface area contributed by atoms with Crippen LogP contribution in [0.15, 0.2) is 66.7 Å². The van der Waals surface area contributed by atoms with E-state index in [2.05, 4.69) is 84.1 Å². The highest BCUT2D eigenvalue weighted by molar-refractivity contribution is 5.87. The largest absolute Gasteiger partial charge is 0.504 e. The van der Waals surface area contributed by atoms with E-state index in [1.807, 2.05) is 6.07 Å². The molecular formula is C33H35ClN2O3. The molecule has 1 spiro atoms. The molecule has 202 valence electrons. The van der Waals surface area contributed by atoms with Crippen LogP contribution in [-0.2, 0) is 36.5 Å². The molecule has 5 nitrogen and oxygen atoms in total. The molecule has 4 atom stereocenters. The quantitative estimate of drug-likeness (QED) is 0.342. The number of phenols is 1. The first kappa shape index (κ1) is 25.0. The van der Waals surface area contributed by atoms with Crippen molar-refractivity contribution in [2.24, 2.45) is 7.05 Å². The molecule has 0 amide bonds. The van der Waals surface area contributed by atoms with Crippen molar-refractivity contribution in [3.63, 3.8) is 0 Å². The number of nitrogens with zero attached hydrogens (tertiary/aromatic N) is 2. The van der Waals surface area contributed by atoms with Gasteiger partial charge in [-0.15, -0.1) is 12.4 Å². The first-order chi connectivity index (χ1) is 18.6. The lowest BCUT2D eigenvalue weighted by Gasteiger charge is -2.64. The van der Waals surface area contributed by atoms with E-state index >= 15 is 0 Å². The number of rotatable bonds is 5. The van der Waals surface area contributed by atoms with Crippen molar-refractivity contribution in [3.8, 4) is 11.5 Å². The summed E-state index contributed by atoms with van der Waals surface area (Å²) in [6.07, 6.45) is 3.57. The van der Waals surface area contributed by atoms with E-state index < -0.39 is 5.60 Å². The number of likely N-dealkylation sites (tertiary alicyclic amines) is 1. The van der Waals surface area contributed by atoms with E-state index in [0.29, 0.717) is 12.4 Å². The molecule has 39 heavy (non-hydrogen) atoms. The van der Waals surface area contributed by atoms with E-state index in [9.17, 15) is 5.11 Å². The summed E-state index contributed by atoms with van der Waals surface area (Å²) in [6, 6.07) is 23.8. The number of phenolic OH excluding ortho intramolecular Hbond substituents is 1. The normalized spacial score (nSPS) is 27.9. The highest BCUT2D eigenvalue weighted by Crippen LogP contribution is 2.70. The van der Waals surface area contributed by atoms with Gasteiger partial charge in [0.1, 0.15) is 5.60 Å². The van der Waals surface area contributed by atoms with Crippen LogP contribution in [0.2, 0.25) is 0 Å². The monoisotopic (exact) mass is 542 g/mol. The fourth-order valence-corrected chi connectivity index (χ4v) is 8.77. The van der Waals surface area contributed by atoms with Gasteiger partial charge in [-0.2, -0.15) is 0 Å². The Morgan fingerprint density at radius 2 is 1.85 bits per heavy atom. The van der Waals surface area contributed by atoms with Gasteiger partial charge in [0.2, 0.25) is 0 Å². The third-order valence-corrected chi connectivity index (χ3v) is 10.2. The standard InChI is InChI=1S/C33H34N2O3.ClH/c1-3-37-33-20-24-23-11-7-8-12-25(23)34(2)29(24)31-32(33)16-18-35(17-15-21-9-5-4-6-10-21)27(33)19-22-13-14-26(36)30(38-31)28(22)32;/h4-14,27,31,36H,3,15-20H2,1-2H3;1H/t27-,31-,32-,33+;/m0./s1. The van der Waals surface area contributed by atoms with Gasteiger partial charge in [-0.3, -0.25) is 4.90 Å². The third-order valence-electron chi connectivity index (χ3n) is 10.2. The minimum absolute atomic E-state index is 0. The summed E-state index contributed by atoms with van der Waals surface area (Å²) >= 11 is 0. The van der Waals surface area contributed by atoms with Crippen molar-refractivity contribution in [2.75, 3.05) is 19.7 Å². The fourth-order valence-electron chi connectivity index (χ4n) is 8.77. The van der Waals surface area contributed by atoms with Gasteiger partial charge in [0.15, 0.2) is 17.6 Å². The number of benzene rings is 3. The summed E-state index contributed by atoms with van der Waals surface area (Å²) in [6.45, 7) is 4.80. The minimum Gasteiger partial charge on any atom is -0.504 e. The zero-order chi connectivity index (χ0) is 25.6. The first-order valence-corrected chi connectivity index (χ1v) is 14.1. The number of para-hydroxylation sites is 1. The molecule has 0 saturated carbocycles. The predicted molar refractivity (Wildman–Crippen MR) is 155 cm³/mol. The number of aryl methyl sites for hydroxylation is 1. The molecule has 2 aliphatic heterocycles. The molecule has 1 fully saturated rings. The zero-order valence-electron chi connectivity index (χ0n) is 22.5. The van der Waals surface area contributed by atoms with E-state index in [-0.39, 0.29) is 35.7 Å². The van der Waals surface area contributed by atoms with Crippen molar-refractivity contribution in [2.45, 2.75) is 55.8 Å². The van der Waals surface area contributed by atoms with E-state index in [0.717, 1.165) is 38.8 Å². The van der Waals surface area contributed by atoms with Crippen LogP contribution in [0, 0.1) is 0 Å². The Balaban J connectivity index is 0.00000253. The molecule has 4 aromatic rings. The van der Waals surface area contributed by atoms with Gasteiger partial charge in [-0.25, -0.2) is 0 Å². The van der Waals surface area contributed by atoms with Crippen molar-refractivity contribution in [3.05, 3.63) is 94.7 Å². The average molecular weight is 543 g/mol. The second kappa shape index (κ2) is 8.76. The first-order valence-electron chi connectivity index (χ1n) is 14.1. The van der Waals surface area contributed by atoms with Crippen molar-refractivity contribution >= 4 is 23.3 Å². The highest BCUT2D eigenvalue weighted by atomic mass is 35.5. The number of ether oxygens (including phenoxy) is 2. The topological polar surface area (TPSA) is 46.9 Å². The van der Waals surface area contributed by atoms with Gasteiger partial charge in [-0.1, -0.05) is 54.6 Å². The van der Waals surface area contributed by atoms with Gasteiger partial charge in [-0.05, 0) is 61.6 Å². The van der Waals surface area contributed by atoms with Crippen LogP contribution in [0.3, 0.4) is 0 Å². The lowest BCUT2D eigenvalue weighted by Crippen LogP contribution is -2.75. The molecule has 1 N–H and O–H groups in total. The van der Waals surface area contributed by atoms with Crippen LogP contribution in [0.5, 0.6) is 11.5 Å². The maximum atomic E-state index is 11.1. The summed E-state index contributed by atoms with van der Waals surface area (Å²) in [5, 5.41) is 12.4. The Morgan fingerprint density at radius 3 is 2.67 bits per heavy atom. The van der Waals surface area contributed by atoms with Crippen LogP contribution in [0.4, 0.5) is 0 Å². The van der Waals surface area contributed by atoms with E-state index in [4.69, 9.17) is 9.47 Å². The van der Waals surface area contributed by atoms with Crippen LogP contribution in [0.1, 0.15) is 47.4 Å². The van der Waals surface area contributed by atoms with E-state index in [1.54, 1.807) is 0 Å². The smallest absolute Gasteiger partial charge is 0.166 e. The molecule has 8 rings (SSSR count). The summed E-state index contributed by atoms with van der Waals surface area (Å²) in [7, 11) is 2.17. The molecule has 4 aliphatic rings. The lowest BCUT2D eigenvalue weighted by atomic mass is 9.48. The van der Waals surface area contributed by atoms with Gasteiger partial charge >= 0.3 is 0 Å². The molecular weight excluding hydrogens is 508 g/mol. The number of aromatic hydroxyl groups is 1. The number of aromatic nitrogens is 1. The summed E-state index contributed by atoms with van der Waals surface area (Å²) in [5.74, 6) is 0.939. The summed E-state index contributed by atoms with van der Waals surface area (Å²) in [5.41, 5.74) is 6.99. The maximum Gasteiger partial charge on any atom is 0.166 e. The highest BCUT2D eigenvalue weighted by Gasteiger charge is 2.74. The van der Waals surface area contributed by atoms with Crippen molar-refractivity contribution in [1.82, 2.24) is 9.47 Å². The van der Waals surface area contributed by atoms with Gasteiger partial charge in [0, 0.05) is 49.1 Å². The molecule has 1 aromatic heterocycles. The number of fused-ring (bicyclic) bond motifs is 4. The lowest BCUT2D eigenvalue weighted by molar-refractivity contribution is -0.202. The van der Waals surface area contributed by atoms with Gasteiger partial charge in [0.05, 0.1) is 11.1 Å². The maximum absolute atomic E-state index is 11.1. The molecule has 2 aliphatic carbocycles. The number of hydrogen-bond acceptors (Lipinski definition) is 4. The zero-order valence-corrected chi connectivity index (χ0v) is 23.3. The molecule has 3 heterocycles. The Labute approximate surface area is 235 Å².